The largest absolute Gasteiger partial charge is 0.314 e. The minimum atomic E-state index is 0. The lowest BCUT2D eigenvalue weighted by Crippen LogP contribution is -2.45. The van der Waals surface area contributed by atoms with Gasteiger partial charge in [0.2, 0.25) is 0 Å². The zero-order valence-corrected chi connectivity index (χ0v) is 16.6. The summed E-state index contributed by atoms with van der Waals surface area (Å²) in [6.45, 7) is 8.79. The summed E-state index contributed by atoms with van der Waals surface area (Å²) < 4.78 is 0. The van der Waals surface area contributed by atoms with Crippen molar-refractivity contribution in [3.63, 3.8) is 0 Å². The lowest BCUT2D eigenvalue weighted by Gasteiger charge is -2.36. The Labute approximate surface area is 162 Å². The predicted octanol–water partition coefficient (Wildman–Crippen LogP) is 4.72. The molecule has 24 heavy (non-hydrogen) atoms. The third-order valence-electron chi connectivity index (χ3n) is 4.35. The third-order valence-corrected chi connectivity index (χ3v) is 4.65. The van der Waals surface area contributed by atoms with Gasteiger partial charge in [0, 0.05) is 43.2 Å². The van der Waals surface area contributed by atoms with Gasteiger partial charge >= 0.3 is 0 Å². The van der Waals surface area contributed by atoms with E-state index in [0.717, 1.165) is 38.1 Å². The van der Waals surface area contributed by atoms with Gasteiger partial charge in [0.1, 0.15) is 5.15 Å². The molecule has 1 atom stereocenters. The van der Waals surface area contributed by atoms with Gasteiger partial charge in [-0.3, -0.25) is 4.90 Å². The molecule has 3 nitrogen and oxygen atoms in total. The molecular weight excluding hydrogens is 365 g/mol. The van der Waals surface area contributed by atoms with Crippen molar-refractivity contribution in [2.45, 2.75) is 26.3 Å². The number of piperazine rings is 1. The number of nitrogens with zero attached hydrogens (tertiary/aromatic N) is 2. The lowest BCUT2D eigenvalue weighted by molar-refractivity contribution is 0.154. The van der Waals surface area contributed by atoms with Crippen LogP contribution >= 0.6 is 36.4 Å². The molecule has 1 aromatic heterocycles. The van der Waals surface area contributed by atoms with E-state index in [0.29, 0.717) is 17.1 Å². The summed E-state index contributed by atoms with van der Waals surface area (Å²) in [6, 6.07) is 10.8. The molecule has 134 valence electrons. The molecule has 1 saturated heterocycles. The fourth-order valence-corrected chi connectivity index (χ4v) is 3.53. The van der Waals surface area contributed by atoms with Gasteiger partial charge in [0.05, 0.1) is 5.52 Å². The van der Waals surface area contributed by atoms with E-state index in [1.54, 1.807) is 0 Å². The van der Waals surface area contributed by atoms with Crippen LogP contribution in [0.1, 0.15) is 31.9 Å². The molecule has 2 heterocycles. The first-order valence-corrected chi connectivity index (χ1v) is 8.53. The first kappa shape index (κ1) is 21.5. The summed E-state index contributed by atoms with van der Waals surface area (Å²) >= 11 is 6.55. The van der Waals surface area contributed by atoms with Crippen molar-refractivity contribution in [1.29, 1.82) is 0 Å². The minimum Gasteiger partial charge on any atom is -0.314 e. The number of rotatable bonds is 4. The first-order valence-electron chi connectivity index (χ1n) is 8.15. The van der Waals surface area contributed by atoms with Crippen LogP contribution in [-0.4, -0.2) is 36.1 Å². The van der Waals surface area contributed by atoms with Gasteiger partial charge < -0.3 is 5.32 Å². The van der Waals surface area contributed by atoms with Crippen molar-refractivity contribution in [3.05, 3.63) is 41.0 Å². The summed E-state index contributed by atoms with van der Waals surface area (Å²) in [6.07, 6.45) is 1.11. The molecule has 1 fully saturated rings. The Balaban J connectivity index is 0.00000144. The molecule has 0 saturated carbocycles. The minimum absolute atomic E-state index is 0. The Kier molecular flexibility index (Phi) is 8.75. The SMILES string of the molecule is CC(C)C[C@@H](c1cc2ccccc2nc1Cl)N1CCNCC1.Cl.Cl. The predicted molar refractivity (Wildman–Crippen MR) is 108 cm³/mol. The van der Waals surface area contributed by atoms with Crippen molar-refractivity contribution in [2.24, 2.45) is 5.92 Å². The zero-order chi connectivity index (χ0) is 15.5. The molecule has 0 radical (unpaired) electrons. The normalized spacial score (nSPS) is 16.5. The highest BCUT2D eigenvalue weighted by molar-refractivity contribution is 6.30. The van der Waals surface area contributed by atoms with Crippen molar-refractivity contribution < 1.29 is 0 Å². The number of pyridine rings is 1. The molecule has 1 aliphatic heterocycles. The fourth-order valence-electron chi connectivity index (χ4n) is 3.26. The Morgan fingerprint density at radius 3 is 2.50 bits per heavy atom. The van der Waals surface area contributed by atoms with Gasteiger partial charge in [-0.15, -0.1) is 24.8 Å². The van der Waals surface area contributed by atoms with Crippen LogP contribution < -0.4 is 5.32 Å². The maximum absolute atomic E-state index is 6.55. The smallest absolute Gasteiger partial charge is 0.134 e. The highest BCUT2D eigenvalue weighted by atomic mass is 35.5. The van der Waals surface area contributed by atoms with Gasteiger partial charge in [-0.25, -0.2) is 4.98 Å². The highest BCUT2D eigenvalue weighted by Gasteiger charge is 2.25. The van der Waals surface area contributed by atoms with Crippen LogP contribution in [0.5, 0.6) is 0 Å². The number of nitrogens with one attached hydrogen (secondary N) is 1. The maximum atomic E-state index is 6.55. The molecular formula is C18H26Cl3N3. The number of hydrogen-bond donors (Lipinski definition) is 1. The van der Waals surface area contributed by atoms with Gasteiger partial charge in [0.25, 0.3) is 0 Å². The summed E-state index contributed by atoms with van der Waals surface area (Å²) in [4.78, 5) is 7.17. The van der Waals surface area contributed by atoms with Crippen LogP contribution in [0.25, 0.3) is 10.9 Å². The third kappa shape index (κ3) is 4.96. The first-order chi connectivity index (χ1) is 10.6. The molecule has 2 aromatic rings. The molecule has 0 bridgehead atoms. The average molecular weight is 391 g/mol. The molecule has 3 rings (SSSR count). The topological polar surface area (TPSA) is 28.2 Å². The van der Waals surface area contributed by atoms with Crippen LogP contribution in [0.2, 0.25) is 5.15 Å². The number of halogens is 3. The van der Waals surface area contributed by atoms with E-state index in [-0.39, 0.29) is 24.8 Å². The van der Waals surface area contributed by atoms with Crippen molar-refractivity contribution in [1.82, 2.24) is 15.2 Å². The maximum Gasteiger partial charge on any atom is 0.134 e. The molecule has 6 heteroatoms. The van der Waals surface area contributed by atoms with Crippen molar-refractivity contribution in [3.8, 4) is 0 Å². The molecule has 1 N–H and O–H groups in total. The molecule has 0 aliphatic carbocycles. The molecule has 0 spiro atoms. The summed E-state index contributed by atoms with van der Waals surface area (Å²) in [7, 11) is 0. The quantitative estimate of drug-likeness (QED) is 0.765. The number of para-hydroxylation sites is 1. The second kappa shape index (κ2) is 9.79. The van der Waals surface area contributed by atoms with Crippen molar-refractivity contribution in [2.75, 3.05) is 26.2 Å². The molecule has 0 amide bonds. The zero-order valence-electron chi connectivity index (χ0n) is 14.2. The fraction of sp³-hybridized carbons (Fsp3) is 0.500. The summed E-state index contributed by atoms with van der Waals surface area (Å²) in [5.41, 5.74) is 2.15. The highest BCUT2D eigenvalue weighted by Crippen LogP contribution is 2.34. The van der Waals surface area contributed by atoms with Gasteiger partial charge in [-0.05, 0) is 24.5 Å². The van der Waals surface area contributed by atoms with Gasteiger partial charge in [-0.1, -0.05) is 43.6 Å². The standard InChI is InChI=1S/C18H24ClN3.2ClH/c1-13(2)11-17(22-9-7-20-8-10-22)15-12-14-5-3-4-6-16(14)21-18(15)19;;/h3-6,12-13,17,20H,7-11H2,1-2H3;2*1H/t17-;;/m0../s1. The summed E-state index contributed by atoms with van der Waals surface area (Å²) in [5.74, 6) is 0.627. The van der Waals surface area contributed by atoms with E-state index in [9.17, 15) is 0 Å². The Hall–Kier alpha value is -0.580. The van der Waals surface area contributed by atoms with Crippen LogP contribution in [-0.2, 0) is 0 Å². The van der Waals surface area contributed by atoms with E-state index in [2.05, 4.69) is 47.2 Å². The number of fused-ring (bicyclic) bond motifs is 1. The van der Waals surface area contributed by atoms with E-state index in [4.69, 9.17) is 11.6 Å². The molecule has 0 unspecified atom stereocenters. The Morgan fingerprint density at radius 2 is 1.83 bits per heavy atom. The number of hydrogen-bond acceptors (Lipinski definition) is 3. The van der Waals surface area contributed by atoms with E-state index >= 15 is 0 Å². The van der Waals surface area contributed by atoms with Crippen LogP contribution in [0, 0.1) is 5.92 Å². The van der Waals surface area contributed by atoms with Crippen LogP contribution in [0.15, 0.2) is 30.3 Å². The van der Waals surface area contributed by atoms with Crippen LogP contribution in [0.4, 0.5) is 0 Å². The van der Waals surface area contributed by atoms with Crippen molar-refractivity contribution >= 4 is 47.3 Å². The van der Waals surface area contributed by atoms with Gasteiger partial charge in [-0.2, -0.15) is 0 Å². The average Bonchev–Trinajstić information content (AvgIpc) is 2.53. The number of benzene rings is 1. The molecule has 1 aromatic carbocycles. The van der Waals surface area contributed by atoms with Gasteiger partial charge in [0.15, 0.2) is 0 Å². The number of aromatic nitrogens is 1. The Morgan fingerprint density at radius 1 is 1.17 bits per heavy atom. The monoisotopic (exact) mass is 389 g/mol. The van der Waals surface area contributed by atoms with Crippen LogP contribution in [0.3, 0.4) is 0 Å². The second-order valence-corrected chi connectivity index (χ2v) is 6.85. The second-order valence-electron chi connectivity index (χ2n) is 6.49. The van der Waals surface area contributed by atoms with E-state index in [1.807, 2.05) is 12.1 Å². The van der Waals surface area contributed by atoms with E-state index < -0.39 is 0 Å². The summed E-state index contributed by atoms with van der Waals surface area (Å²) in [5, 5.41) is 5.26. The van der Waals surface area contributed by atoms with E-state index in [1.165, 1.54) is 10.9 Å². The molecule has 1 aliphatic rings. The Bertz CT molecular complexity index is 642. The lowest BCUT2D eigenvalue weighted by atomic mass is 9.95.